The maximum atomic E-state index is 11.8. The van der Waals surface area contributed by atoms with Crippen LogP contribution in [0, 0.1) is 0 Å². The molecule has 1 saturated heterocycles. The van der Waals surface area contributed by atoms with Crippen molar-refractivity contribution in [2.45, 2.75) is 16.7 Å². The van der Waals surface area contributed by atoms with Gasteiger partial charge in [0, 0.05) is 35.4 Å². The van der Waals surface area contributed by atoms with E-state index < -0.39 is 10.0 Å². The fourth-order valence-corrected chi connectivity index (χ4v) is 4.70. The summed E-state index contributed by atoms with van der Waals surface area (Å²) in [6.45, 7) is 5.29. The molecule has 1 aliphatic rings. The van der Waals surface area contributed by atoms with Crippen LogP contribution in [-0.2, 0) is 14.8 Å². The van der Waals surface area contributed by atoms with E-state index in [4.69, 9.17) is 9.88 Å². The number of hydrogen-bond donors (Lipinski definition) is 3. The topological polar surface area (TPSA) is 122 Å². The highest BCUT2D eigenvalue weighted by Crippen LogP contribution is 2.32. The molecular weight excluding hydrogens is 460 g/mol. The normalized spacial score (nSPS) is 14.2. The van der Waals surface area contributed by atoms with Gasteiger partial charge in [-0.1, -0.05) is 6.92 Å². The Kier molecular flexibility index (Phi) is 7.33. The minimum atomic E-state index is -3.81. The zero-order valence-corrected chi connectivity index (χ0v) is 19.8. The van der Waals surface area contributed by atoms with Crippen molar-refractivity contribution in [3.8, 4) is 0 Å². The van der Waals surface area contributed by atoms with E-state index >= 15 is 0 Å². The number of benzene rings is 2. The van der Waals surface area contributed by atoms with E-state index in [1.165, 1.54) is 18.5 Å². The molecule has 174 valence electrons. The van der Waals surface area contributed by atoms with Crippen molar-refractivity contribution in [1.82, 2.24) is 9.97 Å². The summed E-state index contributed by atoms with van der Waals surface area (Å²) in [7, 11) is -3.81. The van der Waals surface area contributed by atoms with Crippen LogP contribution in [0.5, 0.6) is 0 Å². The maximum Gasteiger partial charge on any atom is 0.238 e. The number of thioether (sulfide) groups is 1. The second-order valence-electron chi connectivity index (χ2n) is 7.32. The van der Waals surface area contributed by atoms with Gasteiger partial charge in [-0.2, -0.15) is 0 Å². The van der Waals surface area contributed by atoms with Gasteiger partial charge in [-0.15, -0.1) is 11.8 Å². The number of nitrogens with two attached hydrogens (primary N) is 1. The number of anilines is 5. The molecule has 1 fully saturated rings. The number of morpholine rings is 1. The molecule has 0 bridgehead atoms. The van der Waals surface area contributed by atoms with Crippen molar-refractivity contribution in [3.05, 3.63) is 54.9 Å². The summed E-state index contributed by atoms with van der Waals surface area (Å²) in [5.74, 6) is 1.97. The van der Waals surface area contributed by atoms with Crippen LogP contribution in [-0.4, -0.2) is 50.4 Å². The second-order valence-corrected chi connectivity index (χ2v) is 10.2. The van der Waals surface area contributed by atoms with Gasteiger partial charge in [-0.05, 0) is 48.2 Å². The summed E-state index contributed by atoms with van der Waals surface area (Å²) >= 11 is 1.59. The quantitative estimate of drug-likeness (QED) is 0.410. The van der Waals surface area contributed by atoms with Crippen LogP contribution in [0.3, 0.4) is 0 Å². The molecule has 2 aromatic carbocycles. The van der Waals surface area contributed by atoms with Gasteiger partial charge in [-0.3, -0.25) is 0 Å². The van der Waals surface area contributed by atoms with Gasteiger partial charge in [0.15, 0.2) is 0 Å². The van der Waals surface area contributed by atoms with Crippen LogP contribution in [0.4, 0.5) is 28.7 Å². The van der Waals surface area contributed by atoms with E-state index in [0.29, 0.717) is 17.3 Å². The van der Waals surface area contributed by atoms with E-state index in [1.54, 1.807) is 23.9 Å². The van der Waals surface area contributed by atoms with Crippen LogP contribution in [0.25, 0.3) is 0 Å². The summed E-state index contributed by atoms with van der Waals surface area (Å²) < 4.78 is 29.0. The first-order chi connectivity index (χ1) is 15.9. The van der Waals surface area contributed by atoms with Crippen molar-refractivity contribution in [3.63, 3.8) is 0 Å². The van der Waals surface area contributed by atoms with Crippen molar-refractivity contribution in [2.75, 3.05) is 47.6 Å². The summed E-state index contributed by atoms with van der Waals surface area (Å²) in [5.41, 5.74) is 2.67. The van der Waals surface area contributed by atoms with Gasteiger partial charge >= 0.3 is 0 Å². The predicted octanol–water partition coefficient (Wildman–Crippen LogP) is 3.56. The molecule has 2 heterocycles. The van der Waals surface area contributed by atoms with E-state index in [2.05, 4.69) is 37.6 Å². The third-order valence-corrected chi connectivity index (χ3v) is 6.89. The Morgan fingerprint density at radius 1 is 1.03 bits per heavy atom. The van der Waals surface area contributed by atoms with Gasteiger partial charge in [-0.25, -0.2) is 23.5 Å². The van der Waals surface area contributed by atoms with Gasteiger partial charge in [0.25, 0.3) is 0 Å². The molecule has 0 aliphatic carbocycles. The lowest BCUT2D eigenvalue weighted by Gasteiger charge is -2.28. The molecule has 4 N–H and O–H groups in total. The monoisotopic (exact) mass is 486 g/mol. The van der Waals surface area contributed by atoms with Gasteiger partial charge in [0.1, 0.15) is 18.0 Å². The van der Waals surface area contributed by atoms with Crippen molar-refractivity contribution >= 4 is 50.5 Å². The van der Waals surface area contributed by atoms with E-state index in [9.17, 15) is 8.42 Å². The molecule has 4 rings (SSSR count). The van der Waals surface area contributed by atoms with E-state index in [1.807, 2.05) is 19.1 Å². The van der Waals surface area contributed by atoms with Crippen molar-refractivity contribution in [1.29, 1.82) is 0 Å². The highest BCUT2D eigenvalue weighted by atomic mass is 32.2. The average molecular weight is 487 g/mol. The standard InChI is InChI=1S/C22H26N6O3S2/c1-2-32-20-8-7-18(33(23,29)30)13-19(20)27-22-14-21(24-15-25-22)26-16-3-5-17(6-4-16)28-9-11-31-12-10-28/h3-8,13-15H,2,9-12H2,1H3,(H2,23,29,30)(H2,24,25,26,27). The number of nitrogens with one attached hydrogen (secondary N) is 2. The predicted molar refractivity (Wildman–Crippen MR) is 132 cm³/mol. The Bertz CT molecular complexity index is 1200. The molecule has 0 amide bonds. The summed E-state index contributed by atoms with van der Waals surface area (Å²) in [6, 6.07) is 14.7. The Morgan fingerprint density at radius 3 is 2.39 bits per heavy atom. The second kappa shape index (κ2) is 10.4. The summed E-state index contributed by atoms with van der Waals surface area (Å²) in [4.78, 5) is 11.8. The number of hydrogen-bond acceptors (Lipinski definition) is 9. The van der Waals surface area contributed by atoms with Crippen molar-refractivity contribution in [2.24, 2.45) is 5.14 Å². The molecule has 0 unspecified atom stereocenters. The maximum absolute atomic E-state index is 11.8. The molecule has 1 aromatic heterocycles. The number of rotatable bonds is 8. The smallest absolute Gasteiger partial charge is 0.238 e. The highest BCUT2D eigenvalue weighted by molar-refractivity contribution is 7.99. The van der Waals surface area contributed by atoms with Gasteiger partial charge in [0.2, 0.25) is 10.0 Å². The zero-order chi connectivity index (χ0) is 23.3. The molecule has 9 nitrogen and oxygen atoms in total. The molecule has 0 spiro atoms. The number of sulfonamides is 1. The van der Waals surface area contributed by atoms with Crippen LogP contribution < -0.4 is 20.7 Å². The number of ether oxygens (including phenoxy) is 1. The lowest BCUT2D eigenvalue weighted by Crippen LogP contribution is -2.36. The lowest BCUT2D eigenvalue weighted by atomic mass is 10.2. The lowest BCUT2D eigenvalue weighted by molar-refractivity contribution is 0.122. The third kappa shape index (κ3) is 6.14. The Labute approximate surface area is 197 Å². The zero-order valence-electron chi connectivity index (χ0n) is 18.2. The number of nitrogens with zero attached hydrogens (tertiary/aromatic N) is 3. The molecule has 0 atom stereocenters. The summed E-state index contributed by atoms with van der Waals surface area (Å²) in [5, 5.41) is 11.8. The SMILES string of the molecule is CCSc1ccc(S(N)(=O)=O)cc1Nc1cc(Nc2ccc(N3CCOCC3)cc2)ncn1. The van der Waals surface area contributed by atoms with Crippen LogP contribution in [0.15, 0.2) is 64.6 Å². The molecule has 0 saturated carbocycles. The fraction of sp³-hybridized carbons (Fsp3) is 0.273. The van der Waals surface area contributed by atoms with E-state index in [0.717, 1.165) is 48.3 Å². The minimum absolute atomic E-state index is 0.0400. The van der Waals surface area contributed by atoms with E-state index in [-0.39, 0.29) is 4.90 Å². The molecule has 0 radical (unpaired) electrons. The molecular formula is C22H26N6O3S2. The minimum Gasteiger partial charge on any atom is -0.378 e. The van der Waals surface area contributed by atoms with Crippen LogP contribution in [0.2, 0.25) is 0 Å². The Morgan fingerprint density at radius 2 is 1.73 bits per heavy atom. The highest BCUT2D eigenvalue weighted by Gasteiger charge is 2.13. The van der Waals surface area contributed by atoms with Gasteiger partial charge < -0.3 is 20.3 Å². The third-order valence-electron chi connectivity index (χ3n) is 5.03. The number of primary sulfonamides is 1. The fourth-order valence-electron chi connectivity index (χ4n) is 3.42. The first-order valence-corrected chi connectivity index (χ1v) is 13.0. The van der Waals surface area contributed by atoms with Gasteiger partial charge in [0.05, 0.1) is 23.8 Å². The van der Waals surface area contributed by atoms with Crippen molar-refractivity contribution < 1.29 is 13.2 Å². The largest absolute Gasteiger partial charge is 0.378 e. The first-order valence-electron chi connectivity index (χ1n) is 10.5. The Balaban J connectivity index is 1.50. The average Bonchev–Trinajstić information content (AvgIpc) is 2.81. The first kappa shape index (κ1) is 23.3. The Hall–Kier alpha value is -2.86. The molecule has 1 aliphatic heterocycles. The molecule has 33 heavy (non-hydrogen) atoms. The molecule has 3 aromatic rings. The summed E-state index contributed by atoms with van der Waals surface area (Å²) in [6.07, 6.45) is 1.45. The van der Waals surface area contributed by atoms with Crippen LogP contribution >= 0.6 is 11.8 Å². The molecule has 11 heteroatoms. The van der Waals surface area contributed by atoms with Crippen LogP contribution in [0.1, 0.15) is 6.92 Å². The number of aromatic nitrogens is 2.